The number of benzene rings is 1. The fourth-order valence-corrected chi connectivity index (χ4v) is 4.27. The van der Waals surface area contributed by atoms with Crippen LogP contribution in [0.1, 0.15) is 29.6 Å². The highest BCUT2D eigenvalue weighted by molar-refractivity contribution is 7.89. The number of sulfonamides is 1. The van der Waals surface area contributed by atoms with Crippen molar-refractivity contribution in [2.45, 2.75) is 24.2 Å². The summed E-state index contributed by atoms with van der Waals surface area (Å²) in [5.41, 5.74) is -0.231. The van der Waals surface area contributed by atoms with Gasteiger partial charge in [0.2, 0.25) is 10.0 Å². The molecule has 0 spiro atoms. The molecule has 1 aliphatic heterocycles. The summed E-state index contributed by atoms with van der Waals surface area (Å²) in [6.45, 7) is 3.33. The van der Waals surface area contributed by atoms with E-state index in [2.05, 4.69) is 11.9 Å². The molecule has 11 heteroatoms. The molecule has 1 fully saturated rings. The molecule has 1 aromatic carbocycles. The number of nitrogens with zero attached hydrogens (tertiary/aromatic N) is 1. The number of rotatable bonds is 7. The Labute approximate surface area is 167 Å². The van der Waals surface area contributed by atoms with Crippen molar-refractivity contribution in [3.63, 3.8) is 0 Å². The largest absolute Gasteiger partial charge is 0.452 e. The number of halogens is 1. The second-order valence-electron chi connectivity index (χ2n) is 6.23. The smallest absolute Gasteiger partial charge is 0.338 e. The van der Waals surface area contributed by atoms with E-state index in [0.717, 1.165) is 24.6 Å². The molecular weight excluding hydrogens is 405 g/mol. The van der Waals surface area contributed by atoms with Crippen LogP contribution in [-0.2, 0) is 19.6 Å². The molecule has 9 nitrogen and oxygen atoms in total. The first-order chi connectivity index (χ1) is 13.8. The maximum Gasteiger partial charge on any atom is 0.338 e. The second kappa shape index (κ2) is 10.1. The number of imide groups is 1. The van der Waals surface area contributed by atoms with Crippen molar-refractivity contribution in [3.05, 3.63) is 42.2 Å². The predicted octanol–water partition coefficient (Wildman–Crippen LogP) is 1.17. The van der Waals surface area contributed by atoms with Gasteiger partial charge in [0, 0.05) is 19.6 Å². The molecule has 158 valence electrons. The van der Waals surface area contributed by atoms with Gasteiger partial charge in [-0.2, -0.15) is 4.31 Å². The van der Waals surface area contributed by atoms with Crippen LogP contribution in [0, 0.1) is 5.82 Å². The van der Waals surface area contributed by atoms with Crippen molar-refractivity contribution in [2.75, 3.05) is 26.2 Å². The third-order valence-electron chi connectivity index (χ3n) is 4.09. The van der Waals surface area contributed by atoms with Gasteiger partial charge >= 0.3 is 12.0 Å². The van der Waals surface area contributed by atoms with Crippen molar-refractivity contribution in [1.82, 2.24) is 14.9 Å². The highest BCUT2D eigenvalue weighted by Crippen LogP contribution is 2.24. The summed E-state index contributed by atoms with van der Waals surface area (Å²) in [5, 5.41) is 4.23. The Balaban J connectivity index is 2.04. The fourth-order valence-electron chi connectivity index (χ4n) is 2.66. The highest BCUT2D eigenvalue weighted by atomic mass is 32.2. The van der Waals surface area contributed by atoms with Gasteiger partial charge in [0.1, 0.15) is 10.7 Å². The van der Waals surface area contributed by atoms with E-state index in [-0.39, 0.29) is 25.2 Å². The first-order valence-corrected chi connectivity index (χ1v) is 10.3. The zero-order valence-corrected chi connectivity index (χ0v) is 16.5. The highest BCUT2D eigenvalue weighted by Gasteiger charge is 2.29. The van der Waals surface area contributed by atoms with Crippen LogP contribution < -0.4 is 10.6 Å². The van der Waals surface area contributed by atoms with Gasteiger partial charge < -0.3 is 10.1 Å². The minimum absolute atomic E-state index is 0.142. The third-order valence-corrected chi connectivity index (χ3v) is 6.01. The fraction of sp³-hybridized carbons (Fsp3) is 0.389. The normalized spacial score (nSPS) is 14.7. The van der Waals surface area contributed by atoms with Crippen LogP contribution in [0.5, 0.6) is 0 Å². The molecule has 1 aromatic rings. The number of amides is 3. The van der Waals surface area contributed by atoms with Gasteiger partial charge in [-0.25, -0.2) is 22.4 Å². The number of urea groups is 1. The number of carbonyl (C=O) groups excluding carboxylic acids is 3. The Morgan fingerprint density at radius 1 is 1.21 bits per heavy atom. The van der Waals surface area contributed by atoms with Crippen molar-refractivity contribution in [1.29, 1.82) is 0 Å². The Kier molecular flexibility index (Phi) is 7.85. The summed E-state index contributed by atoms with van der Waals surface area (Å²) < 4.78 is 45.5. The van der Waals surface area contributed by atoms with Crippen LogP contribution in [0.2, 0.25) is 0 Å². The minimum Gasteiger partial charge on any atom is -0.452 e. The van der Waals surface area contributed by atoms with E-state index in [9.17, 15) is 27.2 Å². The number of hydrogen-bond acceptors (Lipinski definition) is 6. The lowest BCUT2D eigenvalue weighted by Gasteiger charge is -2.26. The summed E-state index contributed by atoms with van der Waals surface area (Å²) in [5.74, 6) is -2.89. The Bertz CT molecular complexity index is 897. The predicted molar refractivity (Wildman–Crippen MR) is 101 cm³/mol. The van der Waals surface area contributed by atoms with Crippen LogP contribution in [-0.4, -0.2) is 56.9 Å². The van der Waals surface area contributed by atoms with Crippen molar-refractivity contribution in [2.24, 2.45) is 0 Å². The lowest BCUT2D eigenvalue weighted by Crippen LogP contribution is -2.41. The average Bonchev–Trinajstić information content (AvgIpc) is 2.71. The van der Waals surface area contributed by atoms with Gasteiger partial charge in [-0.05, 0) is 31.0 Å². The van der Waals surface area contributed by atoms with Gasteiger partial charge in [0.25, 0.3) is 5.91 Å². The third kappa shape index (κ3) is 6.09. The molecule has 2 N–H and O–H groups in total. The molecule has 0 saturated carbocycles. The molecular formula is C18H22FN3O6S. The Morgan fingerprint density at radius 2 is 1.90 bits per heavy atom. The summed E-state index contributed by atoms with van der Waals surface area (Å²) >= 11 is 0. The molecule has 1 saturated heterocycles. The van der Waals surface area contributed by atoms with Crippen LogP contribution in [0.4, 0.5) is 9.18 Å². The van der Waals surface area contributed by atoms with Crippen molar-refractivity contribution >= 4 is 27.9 Å². The van der Waals surface area contributed by atoms with Gasteiger partial charge in [-0.15, -0.1) is 6.58 Å². The monoisotopic (exact) mass is 427 g/mol. The van der Waals surface area contributed by atoms with E-state index in [4.69, 9.17) is 4.74 Å². The first kappa shape index (κ1) is 22.5. The topological polar surface area (TPSA) is 122 Å². The molecule has 0 atom stereocenters. The number of carbonyl (C=O) groups is 3. The lowest BCUT2D eigenvalue weighted by molar-refractivity contribution is -0.123. The zero-order chi connectivity index (χ0) is 21.4. The summed E-state index contributed by atoms with van der Waals surface area (Å²) in [4.78, 5) is 34.4. The van der Waals surface area contributed by atoms with Crippen molar-refractivity contribution in [3.8, 4) is 0 Å². The molecule has 29 heavy (non-hydrogen) atoms. The van der Waals surface area contributed by atoms with Gasteiger partial charge in [-0.1, -0.05) is 12.5 Å². The van der Waals surface area contributed by atoms with E-state index < -0.39 is 45.3 Å². The number of esters is 1. The van der Waals surface area contributed by atoms with E-state index in [1.807, 2.05) is 5.32 Å². The van der Waals surface area contributed by atoms with E-state index in [1.54, 1.807) is 0 Å². The number of nitrogens with one attached hydrogen (secondary N) is 2. The van der Waals surface area contributed by atoms with Gasteiger partial charge in [-0.3, -0.25) is 10.1 Å². The summed E-state index contributed by atoms with van der Waals surface area (Å²) in [6, 6.07) is 2.01. The summed E-state index contributed by atoms with van der Waals surface area (Å²) in [6.07, 6.45) is 3.67. The van der Waals surface area contributed by atoms with Crippen LogP contribution in [0.3, 0.4) is 0 Å². The molecule has 0 aliphatic carbocycles. The van der Waals surface area contributed by atoms with Crippen molar-refractivity contribution < 1.29 is 31.9 Å². The minimum atomic E-state index is -4.09. The Hall–Kier alpha value is -2.79. The SMILES string of the molecule is C=CCNC(=O)NC(=O)COC(=O)c1ccc(F)c(S(=O)(=O)N2CCCCC2)c1. The average molecular weight is 427 g/mol. The maximum atomic E-state index is 14.2. The molecule has 0 unspecified atom stereocenters. The molecule has 1 aliphatic rings. The van der Waals surface area contributed by atoms with Crippen LogP contribution in [0.25, 0.3) is 0 Å². The number of piperidine rings is 1. The van der Waals surface area contributed by atoms with E-state index >= 15 is 0 Å². The number of ether oxygens (including phenoxy) is 1. The molecule has 3 amide bonds. The Morgan fingerprint density at radius 3 is 2.55 bits per heavy atom. The van der Waals surface area contributed by atoms with Gasteiger partial charge in [0.15, 0.2) is 6.61 Å². The van der Waals surface area contributed by atoms with Crippen LogP contribution >= 0.6 is 0 Å². The molecule has 0 bridgehead atoms. The summed E-state index contributed by atoms with van der Waals surface area (Å²) in [7, 11) is -4.09. The standard InChI is InChI=1S/C18H22FN3O6S/c1-2-8-20-18(25)21-16(23)12-28-17(24)13-6-7-14(19)15(11-13)29(26,27)22-9-4-3-5-10-22/h2,6-7,11H,1,3-5,8-10,12H2,(H2,20,21,23,25). The van der Waals surface area contributed by atoms with E-state index in [1.165, 1.54) is 10.4 Å². The quantitative estimate of drug-likeness (QED) is 0.498. The molecule has 1 heterocycles. The zero-order valence-electron chi connectivity index (χ0n) is 15.6. The number of hydrogen-bond donors (Lipinski definition) is 2. The lowest BCUT2D eigenvalue weighted by atomic mass is 10.2. The maximum absolute atomic E-state index is 14.2. The van der Waals surface area contributed by atoms with Crippen LogP contribution in [0.15, 0.2) is 35.7 Å². The molecule has 0 aromatic heterocycles. The first-order valence-electron chi connectivity index (χ1n) is 8.91. The molecule has 2 rings (SSSR count). The van der Waals surface area contributed by atoms with Gasteiger partial charge in [0.05, 0.1) is 5.56 Å². The molecule has 0 radical (unpaired) electrons. The van der Waals surface area contributed by atoms with E-state index in [0.29, 0.717) is 12.8 Å². The second-order valence-corrected chi connectivity index (χ2v) is 8.14.